The van der Waals surface area contributed by atoms with Gasteiger partial charge in [-0.3, -0.25) is 9.69 Å². The van der Waals surface area contributed by atoms with E-state index in [0.29, 0.717) is 11.8 Å². The molecule has 1 aliphatic carbocycles. The summed E-state index contributed by atoms with van der Waals surface area (Å²) in [6.45, 7) is 6.20. The molecule has 1 aromatic heterocycles. The van der Waals surface area contributed by atoms with Crippen LogP contribution in [0.3, 0.4) is 0 Å². The van der Waals surface area contributed by atoms with E-state index in [1.807, 2.05) is 0 Å². The number of amides is 1. The van der Waals surface area contributed by atoms with Gasteiger partial charge in [-0.15, -0.1) is 0 Å². The first-order chi connectivity index (χ1) is 12.1. The number of carbonyl (C=O) groups excluding carboxylic acids is 1. The third kappa shape index (κ3) is 3.90. The zero-order chi connectivity index (χ0) is 17.4. The molecule has 2 aliphatic rings. The molecule has 134 valence electrons. The highest BCUT2D eigenvalue weighted by atomic mass is 16.1. The normalized spacial score (nSPS) is 21.1. The number of nitrogens with one attached hydrogen (secondary N) is 1. The third-order valence-electron chi connectivity index (χ3n) is 5.81. The minimum atomic E-state index is 0.255. The Morgan fingerprint density at radius 3 is 2.84 bits per heavy atom. The lowest BCUT2D eigenvalue weighted by molar-refractivity contribution is -0.121. The highest BCUT2D eigenvalue weighted by molar-refractivity contribution is 5.82. The molecule has 1 N–H and O–H groups in total. The first-order valence-corrected chi connectivity index (χ1v) is 9.62. The van der Waals surface area contributed by atoms with Crippen LogP contribution in [0.5, 0.6) is 0 Å². The van der Waals surface area contributed by atoms with E-state index in [2.05, 4.69) is 53.0 Å². The van der Waals surface area contributed by atoms with Crippen LogP contribution in [-0.4, -0.2) is 35.0 Å². The molecule has 1 saturated carbocycles. The minimum absolute atomic E-state index is 0.255. The summed E-state index contributed by atoms with van der Waals surface area (Å²) in [5, 5.41) is 4.48. The van der Waals surface area contributed by atoms with Crippen LogP contribution in [0.4, 0.5) is 0 Å². The average Bonchev–Trinajstić information content (AvgIpc) is 3.19. The summed E-state index contributed by atoms with van der Waals surface area (Å²) in [5.74, 6) is 1.53. The SMILES string of the molecule is Cc1ccc2c(c1)cc(CN1CCC(CNC(=O)CC3CC3)C1)n2C. The number of hydrogen-bond acceptors (Lipinski definition) is 2. The molecule has 4 nitrogen and oxygen atoms in total. The number of hydrogen-bond donors (Lipinski definition) is 1. The van der Waals surface area contributed by atoms with Gasteiger partial charge in [0, 0.05) is 49.7 Å². The molecule has 4 heteroatoms. The van der Waals surface area contributed by atoms with Crippen molar-refractivity contribution in [2.45, 2.75) is 39.2 Å². The maximum Gasteiger partial charge on any atom is 0.220 e. The van der Waals surface area contributed by atoms with Gasteiger partial charge in [0.2, 0.25) is 5.91 Å². The zero-order valence-corrected chi connectivity index (χ0v) is 15.4. The first kappa shape index (κ1) is 16.6. The molecule has 1 aromatic carbocycles. The molecule has 0 spiro atoms. The number of benzene rings is 1. The Kier molecular flexibility index (Phi) is 4.55. The van der Waals surface area contributed by atoms with Gasteiger partial charge in [0.05, 0.1) is 0 Å². The molecule has 1 amide bonds. The van der Waals surface area contributed by atoms with E-state index in [4.69, 9.17) is 0 Å². The second kappa shape index (κ2) is 6.83. The van der Waals surface area contributed by atoms with E-state index in [9.17, 15) is 4.79 Å². The summed E-state index contributed by atoms with van der Waals surface area (Å²) in [4.78, 5) is 14.4. The molecule has 1 atom stereocenters. The first-order valence-electron chi connectivity index (χ1n) is 9.62. The molecule has 0 radical (unpaired) electrons. The van der Waals surface area contributed by atoms with Gasteiger partial charge < -0.3 is 9.88 Å². The Balaban J connectivity index is 1.31. The molecule has 2 fully saturated rings. The Hall–Kier alpha value is -1.81. The van der Waals surface area contributed by atoms with E-state index >= 15 is 0 Å². The number of nitrogens with zero attached hydrogens (tertiary/aromatic N) is 2. The predicted octanol–water partition coefficient (Wildman–Crippen LogP) is 3.22. The van der Waals surface area contributed by atoms with E-state index in [-0.39, 0.29) is 5.91 Å². The standard InChI is InChI=1S/C21H29N3O/c1-15-3-6-20-18(9-15)11-19(23(20)2)14-24-8-7-17(13-24)12-22-21(25)10-16-4-5-16/h3,6,9,11,16-17H,4-5,7-8,10,12-14H2,1-2H3,(H,22,25). The predicted molar refractivity (Wildman–Crippen MR) is 101 cm³/mol. The summed E-state index contributed by atoms with van der Waals surface area (Å²) in [6, 6.07) is 8.99. The van der Waals surface area contributed by atoms with Gasteiger partial charge in [-0.25, -0.2) is 0 Å². The van der Waals surface area contributed by atoms with Crippen LogP contribution in [-0.2, 0) is 18.4 Å². The van der Waals surface area contributed by atoms with Gasteiger partial charge in [0.15, 0.2) is 0 Å². The third-order valence-corrected chi connectivity index (χ3v) is 5.81. The van der Waals surface area contributed by atoms with Crippen LogP contribution in [0.15, 0.2) is 24.3 Å². The Labute approximate surface area is 150 Å². The van der Waals surface area contributed by atoms with E-state index in [1.165, 1.54) is 41.4 Å². The summed E-state index contributed by atoms with van der Waals surface area (Å²) < 4.78 is 2.32. The molecule has 1 unspecified atom stereocenters. The van der Waals surface area contributed by atoms with E-state index in [0.717, 1.165) is 32.6 Å². The van der Waals surface area contributed by atoms with Crippen LogP contribution in [0, 0.1) is 18.8 Å². The van der Waals surface area contributed by atoms with Crippen molar-refractivity contribution in [2.24, 2.45) is 18.9 Å². The lowest BCUT2D eigenvalue weighted by atomic mass is 10.1. The number of carbonyl (C=O) groups is 1. The maximum atomic E-state index is 11.9. The van der Waals surface area contributed by atoms with Crippen molar-refractivity contribution < 1.29 is 4.79 Å². The molecule has 25 heavy (non-hydrogen) atoms. The van der Waals surface area contributed by atoms with Crippen LogP contribution in [0.2, 0.25) is 0 Å². The number of aryl methyl sites for hydroxylation is 2. The van der Waals surface area contributed by atoms with Crippen molar-refractivity contribution in [3.63, 3.8) is 0 Å². The van der Waals surface area contributed by atoms with Gasteiger partial charge in [-0.1, -0.05) is 11.6 Å². The van der Waals surface area contributed by atoms with E-state index in [1.54, 1.807) is 0 Å². The molecular weight excluding hydrogens is 310 g/mol. The van der Waals surface area contributed by atoms with E-state index < -0.39 is 0 Å². The Morgan fingerprint density at radius 2 is 2.04 bits per heavy atom. The quantitative estimate of drug-likeness (QED) is 0.877. The van der Waals surface area contributed by atoms with Gasteiger partial charge in [0.1, 0.15) is 0 Å². The summed E-state index contributed by atoms with van der Waals surface area (Å²) >= 11 is 0. The lowest BCUT2D eigenvalue weighted by Gasteiger charge is -2.17. The minimum Gasteiger partial charge on any atom is -0.356 e. The van der Waals surface area contributed by atoms with Crippen molar-refractivity contribution in [1.82, 2.24) is 14.8 Å². The molecule has 1 aliphatic heterocycles. The summed E-state index contributed by atoms with van der Waals surface area (Å²) in [6.07, 6.45) is 4.42. The average molecular weight is 339 g/mol. The number of fused-ring (bicyclic) bond motifs is 1. The summed E-state index contributed by atoms with van der Waals surface area (Å²) in [5.41, 5.74) is 4.00. The largest absolute Gasteiger partial charge is 0.356 e. The monoisotopic (exact) mass is 339 g/mol. The molecule has 1 saturated heterocycles. The number of aromatic nitrogens is 1. The van der Waals surface area contributed by atoms with Crippen LogP contribution < -0.4 is 5.32 Å². The molecule has 0 bridgehead atoms. The van der Waals surface area contributed by atoms with Gasteiger partial charge in [-0.2, -0.15) is 0 Å². The second-order valence-electron chi connectivity index (χ2n) is 8.10. The van der Waals surface area contributed by atoms with Gasteiger partial charge in [0.25, 0.3) is 0 Å². The fourth-order valence-electron chi connectivity index (χ4n) is 4.04. The van der Waals surface area contributed by atoms with Crippen LogP contribution in [0.25, 0.3) is 10.9 Å². The molecule has 4 rings (SSSR count). The Morgan fingerprint density at radius 1 is 1.20 bits per heavy atom. The summed E-state index contributed by atoms with van der Waals surface area (Å²) in [7, 11) is 2.17. The lowest BCUT2D eigenvalue weighted by Crippen LogP contribution is -2.31. The smallest absolute Gasteiger partial charge is 0.220 e. The van der Waals surface area contributed by atoms with Crippen molar-refractivity contribution in [1.29, 1.82) is 0 Å². The van der Waals surface area contributed by atoms with Gasteiger partial charge >= 0.3 is 0 Å². The highest BCUT2D eigenvalue weighted by Crippen LogP contribution is 2.32. The van der Waals surface area contributed by atoms with Crippen molar-refractivity contribution in [2.75, 3.05) is 19.6 Å². The fourth-order valence-corrected chi connectivity index (χ4v) is 4.04. The zero-order valence-electron chi connectivity index (χ0n) is 15.4. The van der Waals surface area contributed by atoms with Crippen LogP contribution in [0.1, 0.15) is 36.9 Å². The van der Waals surface area contributed by atoms with Crippen molar-refractivity contribution in [3.05, 3.63) is 35.5 Å². The molecule has 2 aromatic rings. The van der Waals surface area contributed by atoms with Crippen LogP contribution >= 0.6 is 0 Å². The maximum absolute atomic E-state index is 11.9. The highest BCUT2D eigenvalue weighted by Gasteiger charge is 2.26. The Bertz CT molecular complexity index is 775. The molecular formula is C21H29N3O. The fraction of sp³-hybridized carbons (Fsp3) is 0.571. The topological polar surface area (TPSA) is 37.3 Å². The second-order valence-corrected chi connectivity index (χ2v) is 8.10. The molecule has 2 heterocycles. The van der Waals surface area contributed by atoms with Crippen molar-refractivity contribution >= 4 is 16.8 Å². The van der Waals surface area contributed by atoms with Gasteiger partial charge in [-0.05, 0) is 62.8 Å². The van der Waals surface area contributed by atoms with Crippen molar-refractivity contribution in [3.8, 4) is 0 Å². The number of rotatable bonds is 6. The number of likely N-dealkylation sites (tertiary alicyclic amines) is 1.